The summed E-state index contributed by atoms with van der Waals surface area (Å²) in [6, 6.07) is 7.40. The third-order valence-corrected chi connectivity index (χ3v) is 3.33. The third-order valence-electron chi connectivity index (χ3n) is 2.50. The van der Waals surface area contributed by atoms with E-state index in [2.05, 4.69) is 16.3 Å². The smallest absolute Gasteiger partial charge is 0.278 e. The molecule has 0 N–H and O–H groups in total. The first-order chi connectivity index (χ1) is 9.67. The van der Waals surface area contributed by atoms with Gasteiger partial charge in [-0.2, -0.15) is 5.26 Å². The Hall–Kier alpha value is -2.20. The zero-order chi connectivity index (χ0) is 14.5. The third kappa shape index (κ3) is 3.03. The second kappa shape index (κ2) is 6.30. The number of ether oxygens (including phenoxy) is 2. The van der Waals surface area contributed by atoms with E-state index in [1.54, 1.807) is 39.3 Å². The van der Waals surface area contributed by atoms with Crippen LogP contribution in [0.2, 0.25) is 0 Å². The fourth-order valence-electron chi connectivity index (χ4n) is 1.52. The molecule has 1 heterocycles. The Morgan fingerprint density at radius 2 is 2.10 bits per heavy atom. The molecule has 1 aromatic heterocycles. The van der Waals surface area contributed by atoms with Crippen molar-refractivity contribution in [3.63, 3.8) is 0 Å². The van der Waals surface area contributed by atoms with Crippen molar-refractivity contribution in [2.45, 2.75) is 17.4 Å². The summed E-state index contributed by atoms with van der Waals surface area (Å²) in [5.74, 6) is 1.60. The van der Waals surface area contributed by atoms with Gasteiger partial charge in [0.15, 0.2) is 0 Å². The maximum atomic E-state index is 8.77. The van der Waals surface area contributed by atoms with Gasteiger partial charge in [0.2, 0.25) is 0 Å². The van der Waals surface area contributed by atoms with Gasteiger partial charge >= 0.3 is 0 Å². The molecule has 0 amide bonds. The highest BCUT2D eigenvalue weighted by atomic mass is 32.2. The predicted octanol–water partition coefficient (Wildman–Crippen LogP) is 2.76. The predicted molar refractivity (Wildman–Crippen MR) is 73.8 cm³/mol. The molecule has 0 spiro atoms. The first-order valence-electron chi connectivity index (χ1n) is 5.80. The van der Waals surface area contributed by atoms with Crippen LogP contribution in [0.3, 0.4) is 0 Å². The fraction of sp³-hybridized carbons (Fsp3) is 0.308. The Morgan fingerprint density at radius 3 is 2.75 bits per heavy atom. The van der Waals surface area contributed by atoms with Crippen LogP contribution in [0.4, 0.5) is 0 Å². The summed E-state index contributed by atoms with van der Waals surface area (Å²) in [4.78, 5) is 0. The van der Waals surface area contributed by atoms with Crippen LogP contribution in [-0.4, -0.2) is 29.7 Å². The number of hydrogen-bond donors (Lipinski definition) is 0. The van der Waals surface area contributed by atoms with Crippen molar-refractivity contribution in [1.29, 1.82) is 5.26 Å². The minimum atomic E-state index is -0.249. The molecule has 0 unspecified atom stereocenters. The topological polar surface area (TPSA) is 81.2 Å². The number of nitrogens with zero attached hydrogens (tertiary/aromatic N) is 3. The Kier molecular flexibility index (Phi) is 4.48. The van der Waals surface area contributed by atoms with Crippen LogP contribution in [-0.2, 0) is 0 Å². The second-order valence-corrected chi connectivity index (χ2v) is 5.12. The summed E-state index contributed by atoms with van der Waals surface area (Å²) in [5, 5.41) is 16.7. The van der Waals surface area contributed by atoms with E-state index >= 15 is 0 Å². The number of rotatable bonds is 5. The maximum absolute atomic E-state index is 8.77. The average molecular weight is 291 g/mol. The largest absolute Gasteiger partial charge is 0.497 e. The van der Waals surface area contributed by atoms with Crippen LogP contribution >= 0.6 is 11.8 Å². The SMILES string of the molecule is COc1ccc(-c2nnc(S[C@H](C)C#N)o2)c(OC)c1. The van der Waals surface area contributed by atoms with E-state index in [1.165, 1.54) is 11.8 Å². The van der Waals surface area contributed by atoms with Gasteiger partial charge in [0.1, 0.15) is 11.5 Å². The molecule has 0 bridgehead atoms. The lowest BCUT2D eigenvalue weighted by molar-refractivity contribution is 0.393. The van der Waals surface area contributed by atoms with Crippen molar-refractivity contribution in [1.82, 2.24) is 10.2 Å². The molecule has 7 heteroatoms. The summed E-state index contributed by atoms with van der Waals surface area (Å²) >= 11 is 1.21. The van der Waals surface area contributed by atoms with Gasteiger partial charge < -0.3 is 13.9 Å². The van der Waals surface area contributed by atoms with Crippen molar-refractivity contribution in [3.8, 4) is 29.0 Å². The molecule has 0 aliphatic carbocycles. The molecular weight excluding hydrogens is 278 g/mol. The number of nitriles is 1. The van der Waals surface area contributed by atoms with E-state index in [4.69, 9.17) is 19.2 Å². The van der Waals surface area contributed by atoms with Crippen LogP contribution in [0.25, 0.3) is 11.5 Å². The quantitative estimate of drug-likeness (QED) is 0.783. The van der Waals surface area contributed by atoms with E-state index < -0.39 is 0 Å². The minimum absolute atomic E-state index is 0.249. The minimum Gasteiger partial charge on any atom is -0.497 e. The average Bonchev–Trinajstić information content (AvgIpc) is 2.94. The summed E-state index contributed by atoms with van der Waals surface area (Å²) < 4.78 is 15.9. The standard InChI is InChI=1S/C13H13N3O3S/c1-8(7-14)20-13-16-15-12(19-13)10-5-4-9(17-2)6-11(10)18-3/h4-6,8H,1-3H3/t8-/m1/s1. The lowest BCUT2D eigenvalue weighted by Gasteiger charge is -2.07. The molecular formula is C13H13N3O3S. The molecule has 1 atom stereocenters. The number of aromatic nitrogens is 2. The van der Waals surface area contributed by atoms with Gasteiger partial charge in [-0.3, -0.25) is 0 Å². The van der Waals surface area contributed by atoms with Gasteiger partial charge in [-0.15, -0.1) is 10.2 Å². The number of methoxy groups -OCH3 is 2. The van der Waals surface area contributed by atoms with Crippen molar-refractivity contribution >= 4 is 11.8 Å². The molecule has 0 fully saturated rings. The Morgan fingerprint density at radius 1 is 1.30 bits per heavy atom. The summed E-state index contributed by atoms with van der Waals surface area (Å²) in [6.07, 6.45) is 0. The zero-order valence-corrected chi connectivity index (χ0v) is 12.1. The molecule has 2 aromatic rings. The lowest BCUT2D eigenvalue weighted by atomic mass is 10.2. The fourth-order valence-corrected chi connectivity index (χ4v) is 2.09. The number of thioether (sulfide) groups is 1. The van der Waals surface area contributed by atoms with Crippen LogP contribution in [0.5, 0.6) is 11.5 Å². The Labute approximate surface area is 120 Å². The molecule has 0 saturated heterocycles. The lowest BCUT2D eigenvalue weighted by Crippen LogP contribution is -1.90. The van der Waals surface area contributed by atoms with Crippen molar-refractivity contribution in [2.75, 3.05) is 14.2 Å². The first kappa shape index (κ1) is 14.2. The van der Waals surface area contributed by atoms with E-state index in [0.29, 0.717) is 28.2 Å². The van der Waals surface area contributed by atoms with Crippen LogP contribution in [0.1, 0.15) is 6.92 Å². The molecule has 0 aliphatic rings. The summed E-state index contributed by atoms with van der Waals surface area (Å²) in [5.41, 5.74) is 0.678. The van der Waals surface area contributed by atoms with E-state index in [-0.39, 0.29) is 5.25 Å². The van der Waals surface area contributed by atoms with Crippen molar-refractivity contribution < 1.29 is 13.9 Å². The molecule has 2 rings (SSSR count). The molecule has 104 valence electrons. The molecule has 0 saturated carbocycles. The van der Waals surface area contributed by atoms with Gasteiger partial charge in [-0.05, 0) is 30.8 Å². The van der Waals surface area contributed by atoms with Crippen LogP contribution < -0.4 is 9.47 Å². The highest BCUT2D eigenvalue weighted by molar-refractivity contribution is 7.99. The maximum Gasteiger partial charge on any atom is 0.278 e. The number of hydrogen-bond acceptors (Lipinski definition) is 7. The zero-order valence-electron chi connectivity index (χ0n) is 11.3. The van der Waals surface area contributed by atoms with Gasteiger partial charge in [0, 0.05) is 6.07 Å². The van der Waals surface area contributed by atoms with Gasteiger partial charge in [0.05, 0.1) is 31.1 Å². The highest BCUT2D eigenvalue weighted by Gasteiger charge is 2.16. The molecule has 20 heavy (non-hydrogen) atoms. The van der Waals surface area contributed by atoms with E-state index in [1.807, 2.05) is 0 Å². The Balaban J connectivity index is 2.30. The molecule has 0 radical (unpaired) electrons. The molecule has 1 aromatic carbocycles. The summed E-state index contributed by atoms with van der Waals surface area (Å²) in [6.45, 7) is 1.77. The normalized spacial score (nSPS) is 11.7. The first-order valence-corrected chi connectivity index (χ1v) is 6.68. The van der Waals surface area contributed by atoms with Gasteiger partial charge in [0.25, 0.3) is 11.1 Å². The van der Waals surface area contributed by atoms with E-state index in [9.17, 15) is 0 Å². The molecule has 0 aliphatic heterocycles. The van der Waals surface area contributed by atoms with Crippen molar-refractivity contribution in [2.24, 2.45) is 0 Å². The summed E-state index contributed by atoms with van der Waals surface area (Å²) in [7, 11) is 3.14. The Bertz CT molecular complexity index is 636. The number of benzene rings is 1. The van der Waals surface area contributed by atoms with Gasteiger partial charge in [-0.25, -0.2) is 0 Å². The van der Waals surface area contributed by atoms with Crippen LogP contribution in [0.15, 0.2) is 27.8 Å². The van der Waals surface area contributed by atoms with Gasteiger partial charge in [-0.1, -0.05) is 0 Å². The van der Waals surface area contributed by atoms with E-state index in [0.717, 1.165) is 0 Å². The van der Waals surface area contributed by atoms with Crippen LogP contribution in [0, 0.1) is 11.3 Å². The van der Waals surface area contributed by atoms with Crippen molar-refractivity contribution in [3.05, 3.63) is 18.2 Å². The monoisotopic (exact) mass is 291 g/mol. The molecule has 6 nitrogen and oxygen atoms in total. The highest BCUT2D eigenvalue weighted by Crippen LogP contribution is 2.34. The second-order valence-electron chi connectivity index (χ2n) is 3.83.